The number of aryl methyl sites for hydroxylation is 1. The van der Waals surface area contributed by atoms with Crippen LogP contribution in [-0.2, 0) is 0 Å². The van der Waals surface area contributed by atoms with Gasteiger partial charge in [0, 0.05) is 4.88 Å². The highest BCUT2D eigenvalue weighted by molar-refractivity contribution is 7.23. The molecule has 2 heterocycles. The lowest BCUT2D eigenvalue weighted by Gasteiger charge is -2.03. The second kappa shape index (κ2) is 8.30. The summed E-state index contributed by atoms with van der Waals surface area (Å²) in [5.74, 6) is 0.452. The van der Waals surface area contributed by atoms with Gasteiger partial charge in [0.2, 0.25) is 0 Å². The molecule has 0 fully saturated rings. The molecular formula is C22H18N4O3S. The van der Waals surface area contributed by atoms with Gasteiger partial charge in [-0.25, -0.2) is 14.8 Å². The van der Waals surface area contributed by atoms with Crippen molar-refractivity contribution in [1.29, 1.82) is 0 Å². The second-order valence-electron chi connectivity index (χ2n) is 6.49. The number of carbonyl (C=O) groups is 1. The fraction of sp³-hybridized carbons (Fsp3) is 0.0909. The van der Waals surface area contributed by atoms with Crippen LogP contribution in [0.5, 0.6) is 5.75 Å². The van der Waals surface area contributed by atoms with Crippen LogP contribution in [0.3, 0.4) is 0 Å². The molecule has 0 saturated heterocycles. The van der Waals surface area contributed by atoms with Crippen LogP contribution in [0.1, 0.15) is 21.5 Å². The van der Waals surface area contributed by atoms with Gasteiger partial charge in [0.1, 0.15) is 12.1 Å². The van der Waals surface area contributed by atoms with E-state index in [0.717, 1.165) is 37.5 Å². The molecule has 0 aliphatic carbocycles. The molecule has 0 aliphatic heterocycles. The highest BCUT2D eigenvalue weighted by Gasteiger charge is 2.15. The third-order valence-corrected chi connectivity index (χ3v) is 5.91. The lowest BCUT2D eigenvalue weighted by Crippen LogP contribution is -1.97. The van der Waals surface area contributed by atoms with Gasteiger partial charge in [-0.05, 0) is 47.9 Å². The minimum atomic E-state index is -0.958. The summed E-state index contributed by atoms with van der Waals surface area (Å²) in [5, 5.41) is 13.2. The van der Waals surface area contributed by atoms with Crippen LogP contribution < -0.4 is 10.2 Å². The van der Waals surface area contributed by atoms with E-state index >= 15 is 0 Å². The molecule has 7 nitrogen and oxygen atoms in total. The molecular weight excluding hydrogens is 400 g/mol. The van der Waals surface area contributed by atoms with Gasteiger partial charge in [0.15, 0.2) is 5.82 Å². The van der Waals surface area contributed by atoms with Gasteiger partial charge in [0.05, 0.1) is 29.1 Å². The molecule has 30 heavy (non-hydrogen) atoms. The summed E-state index contributed by atoms with van der Waals surface area (Å²) in [5.41, 5.74) is 6.99. The van der Waals surface area contributed by atoms with Crippen molar-refractivity contribution in [3.05, 3.63) is 71.5 Å². The number of benzene rings is 2. The predicted molar refractivity (Wildman–Crippen MR) is 119 cm³/mol. The lowest BCUT2D eigenvalue weighted by molar-refractivity contribution is 0.0697. The average Bonchev–Trinajstić information content (AvgIpc) is 3.11. The topological polar surface area (TPSA) is 96.7 Å². The first-order valence-electron chi connectivity index (χ1n) is 9.08. The van der Waals surface area contributed by atoms with Crippen molar-refractivity contribution in [1.82, 2.24) is 9.97 Å². The number of aromatic nitrogens is 2. The van der Waals surface area contributed by atoms with E-state index in [1.165, 1.54) is 18.5 Å². The number of thiophene rings is 1. The Morgan fingerprint density at radius 3 is 2.73 bits per heavy atom. The number of nitrogens with one attached hydrogen (secondary N) is 1. The first kappa shape index (κ1) is 19.5. The maximum absolute atomic E-state index is 10.9. The van der Waals surface area contributed by atoms with Crippen LogP contribution >= 0.6 is 11.3 Å². The van der Waals surface area contributed by atoms with Crippen molar-refractivity contribution < 1.29 is 14.6 Å². The van der Waals surface area contributed by atoms with Crippen molar-refractivity contribution in [3.8, 4) is 16.2 Å². The van der Waals surface area contributed by atoms with Gasteiger partial charge < -0.3 is 9.84 Å². The zero-order chi connectivity index (χ0) is 21.1. The zero-order valence-electron chi connectivity index (χ0n) is 16.3. The van der Waals surface area contributed by atoms with Crippen molar-refractivity contribution in [2.45, 2.75) is 6.92 Å². The van der Waals surface area contributed by atoms with E-state index in [1.807, 2.05) is 31.2 Å². The molecule has 0 amide bonds. The number of carboxylic acids is 1. The number of carboxylic acid groups (broad SMARTS) is 1. The molecule has 150 valence electrons. The Morgan fingerprint density at radius 1 is 1.20 bits per heavy atom. The van der Waals surface area contributed by atoms with E-state index in [2.05, 4.69) is 20.5 Å². The molecule has 0 radical (unpaired) electrons. The van der Waals surface area contributed by atoms with Crippen LogP contribution in [0.25, 0.3) is 20.7 Å². The third-order valence-electron chi connectivity index (χ3n) is 4.58. The van der Waals surface area contributed by atoms with Gasteiger partial charge in [-0.3, -0.25) is 5.43 Å². The maximum atomic E-state index is 10.9. The fourth-order valence-electron chi connectivity index (χ4n) is 3.02. The number of ether oxygens (including phenoxy) is 1. The SMILES string of the molecule is COc1cccc(-c2sc3c(NN=Cc4ccc(C(=O)O)cc4)ncnc3c2C)c1. The van der Waals surface area contributed by atoms with Gasteiger partial charge in [-0.2, -0.15) is 5.10 Å². The van der Waals surface area contributed by atoms with E-state index in [-0.39, 0.29) is 5.56 Å². The molecule has 0 aliphatic rings. The quantitative estimate of drug-likeness (QED) is 0.344. The van der Waals surface area contributed by atoms with Gasteiger partial charge >= 0.3 is 5.97 Å². The van der Waals surface area contributed by atoms with Gasteiger partial charge in [0.25, 0.3) is 0 Å². The minimum absolute atomic E-state index is 0.233. The standard InChI is InChI=1S/C22H18N4O3S/c1-13-18-20(30-19(13)16-4-3-5-17(10-16)29-2)21(24-12-23-18)26-25-11-14-6-8-15(9-7-14)22(27)28/h3-12H,1-2H3,(H,27,28)(H,23,24,26). The van der Waals surface area contributed by atoms with Crippen molar-refractivity contribution in [3.63, 3.8) is 0 Å². The van der Waals surface area contributed by atoms with Crippen LogP contribution in [-0.4, -0.2) is 34.4 Å². The molecule has 2 aromatic heterocycles. The smallest absolute Gasteiger partial charge is 0.335 e. The van der Waals surface area contributed by atoms with Gasteiger partial charge in [-0.15, -0.1) is 11.3 Å². The van der Waals surface area contributed by atoms with E-state index in [9.17, 15) is 4.79 Å². The van der Waals surface area contributed by atoms with Crippen molar-refractivity contribution >= 4 is 39.6 Å². The molecule has 0 atom stereocenters. The molecule has 2 N–H and O–H groups in total. The lowest BCUT2D eigenvalue weighted by atomic mass is 10.1. The largest absolute Gasteiger partial charge is 0.497 e. The third kappa shape index (κ3) is 3.85. The number of nitrogens with zero attached hydrogens (tertiary/aromatic N) is 3. The molecule has 0 spiro atoms. The number of rotatable bonds is 6. The summed E-state index contributed by atoms with van der Waals surface area (Å²) in [6.07, 6.45) is 3.12. The summed E-state index contributed by atoms with van der Waals surface area (Å²) < 4.78 is 6.25. The van der Waals surface area contributed by atoms with Crippen molar-refractivity contribution in [2.24, 2.45) is 5.10 Å². The molecule has 0 bridgehead atoms. The summed E-state index contributed by atoms with van der Waals surface area (Å²) in [4.78, 5) is 20.8. The van der Waals surface area contributed by atoms with E-state index < -0.39 is 5.97 Å². The van der Waals surface area contributed by atoms with Crippen LogP contribution in [0.2, 0.25) is 0 Å². The first-order valence-corrected chi connectivity index (χ1v) is 9.89. The highest BCUT2D eigenvalue weighted by atomic mass is 32.1. The Kier molecular flexibility index (Phi) is 5.40. The number of aromatic carboxylic acids is 1. The highest BCUT2D eigenvalue weighted by Crippen LogP contribution is 2.40. The van der Waals surface area contributed by atoms with E-state index in [4.69, 9.17) is 9.84 Å². The Morgan fingerprint density at radius 2 is 2.00 bits per heavy atom. The van der Waals surface area contributed by atoms with Crippen LogP contribution in [0, 0.1) is 6.92 Å². The number of methoxy groups -OCH3 is 1. The summed E-state index contributed by atoms with van der Waals surface area (Å²) in [6.45, 7) is 2.04. The molecule has 8 heteroatoms. The summed E-state index contributed by atoms with van der Waals surface area (Å²) >= 11 is 1.59. The molecule has 2 aromatic carbocycles. The Hall–Kier alpha value is -3.78. The molecule has 4 rings (SSSR count). The minimum Gasteiger partial charge on any atom is -0.497 e. The van der Waals surface area contributed by atoms with Gasteiger partial charge in [-0.1, -0.05) is 24.3 Å². The fourth-order valence-corrected chi connectivity index (χ4v) is 4.22. The Bertz CT molecular complexity index is 1250. The number of hydrazone groups is 1. The van der Waals surface area contributed by atoms with Crippen LogP contribution in [0.4, 0.5) is 5.82 Å². The number of anilines is 1. The first-order chi connectivity index (χ1) is 14.6. The monoisotopic (exact) mass is 418 g/mol. The Labute approximate surface area is 176 Å². The molecule has 0 unspecified atom stereocenters. The average molecular weight is 418 g/mol. The summed E-state index contributed by atoms with van der Waals surface area (Å²) in [6, 6.07) is 14.4. The molecule has 0 saturated carbocycles. The maximum Gasteiger partial charge on any atom is 0.335 e. The molecule has 4 aromatic rings. The zero-order valence-corrected chi connectivity index (χ0v) is 17.1. The van der Waals surface area contributed by atoms with E-state index in [1.54, 1.807) is 36.8 Å². The van der Waals surface area contributed by atoms with Crippen molar-refractivity contribution in [2.75, 3.05) is 12.5 Å². The number of hydrogen-bond donors (Lipinski definition) is 2. The van der Waals surface area contributed by atoms with Crippen LogP contribution in [0.15, 0.2) is 60.0 Å². The normalized spacial score (nSPS) is 11.1. The summed E-state index contributed by atoms with van der Waals surface area (Å²) in [7, 11) is 1.65. The second-order valence-corrected chi connectivity index (χ2v) is 7.51. The Balaban J connectivity index is 1.62. The number of fused-ring (bicyclic) bond motifs is 1. The predicted octanol–water partition coefficient (Wildman–Crippen LogP) is 4.82. The number of hydrogen-bond acceptors (Lipinski definition) is 7. The van der Waals surface area contributed by atoms with E-state index in [0.29, 0.717) is 5.82 Å².